The third-order valence-electron chi connectivity index (χ3n) is 3.52. The summed E-state index contributed by atoms with van der Waals surface area (Å²) < 4.78 is 7.82. The van der Waals surface area contributed by atoms with E-state index in [1.807, 2.05) is 17.9 Å². The molecule has 0 spiro atoms. The summed E-state index contributed by atoms with van der Waals surface area (Å²) in [7, 11) is 2.00. The van der Waals surface area contributed by atoms with Gasteiger partial charge in [-0.1, -0.05) is 13.8 Å². The van der Waals surface area contributed by atoms with Crippen LogP contribution in [0.15, 0.2) is 12.3 Å². The van der Waals surface area contributed by atoms with Gasteiger partial charge in [0.05, 0.1) is 6.10 Å². The Kier molecular flexibility index (Phi) is 7.75. The van der Waals surface area contributed by atoms with Gasteiger partial charge in [0.2, 0.25) is 0 Å². The molecule has 0 saturated heterocycles. The summed E-state index contributed by atoms with van der Waals surface area (Å²) >= 11 is 0. The van der Waals surface area contributed by atoms with Gasteiger partial charge in [0.1, 0.15) is 0 Å². The van der Waals surface area contributed by atoms with Gasteiger partial charge in [0, 0.05) is 31.6 Å². The molecule has 0 saturated carbocycles. The van der Waals surface area contributed by atoms with Crippen molar-refractivity contribution in [2.24, 2.45) is 7.05 Å². The van der Waals surface area contributed by atoms with E-state index in [0.717, 1.165) is 38.8 Å². The van der Waals surface area contributed by atoms with Crippen LogP contribution in [0, 0.1) is 0 Å². The van der Waals surface area contributed by atoms with Crippen LogP contribution in [-0.2, 0) is 18.2 Å². The Balaban J connectivity index is 2.55. The van der Waals surface area contributed by atoms with Crippen LogP contribution < -0.4 is 5.32 Å². The highest BCUT2D eigenvalue weighted by Gasteiger charge is 2.19. The maximum atomic E-state index is 5.87. The maximum Gasteiger partial charge on any atom is 0.0725 e. The minimum atomic E-state index is 0.310. The summed E-state index contributed by atoms with van der Waals surface area (Å²) in [4.78, 5) is 0. The Bertz CT molecular complexity index is 338. The largest absolute Gasteiger partial charge is 0.377 e. The van der Waals surface area contributed by atoms with Crippen LogP contribution >= 0.6 is 0 Å². The van der Waals surface area contributed by atoms with Gasteiger partial charge >= 0.3 is 0 Å². The third kappa shape index (κ3) is 5.33. The minimum Gasteiger partial charge on any atom is -0.377 e. The molecule has 1 rings (SSSR count). The number of aromatic nitrogens is 2. The van der Waals surface area contributed by atoms with Gasteiger partial charge in [-0.05, 0) is 45.2 Å². The van der Waals surface area contributed by atoms with Gasteiger partial charge in [-0.15, -0.1) is 0 Å². The van der Waals surface area contributed by atoms with Crippen molar-refractivity contribution in [3.05, 3.63) is 18.0 Å². The molecule has 1 heterocycles. The standard InChI is InChI=1S/C15H29N3O/c1-5-11-16-14(15(6-2)19-7-3)9-8-13-10-12-17-18(13)4/h10,12,14-16H,5-9,11H2,1-4H3. The molecule has 0 radical (unpaired) electrons. The molecule has 0 fully saturated rings. The SMILES string of the molecule is CCCNC(CCc1ccnn1C)C(CC)OCC. The zero-order valence-corrected chi connectivity index (χ0v) is 12.9. The molecule has 2 atom stereocenters. The van der Waals surface area contributed by atoms with E-state index >= 15 is 0 Å². The summed E-state index contributed by atoms with van der Waals surface area (Å²) in [6.07, 6.45) is 6.53. The smallest absolute Gasteiger partial charge is 0.0725 e. The van der Waals surface area contributed by atoms with E-state index in [0.29, 0.717) is 12.1 Å². The van der Waals surface area contributed by atoms with Crippen molar-refractivity contribution >= 4 is 0 Å². The molecule has 1 aromatic heterocycles. The van der Waals surface area contributed by atoms with E-state index in [-0.39, 0.29) is 0 Å². The molecule has 1 N–H and O–H groups in total. The summed E-state index contributed by atoms with van der Waals surface area (Å²) in [6, 6.07) is 2.53. The van der Waals surface area contributed by atoms with Crippen molar-refractivity contribution in [3.8, 4) is 0 Å². The first kappa shape index (κ1) is 16.2. The van der Waals surface area contributed by atoms with Crippen molar-refractivity contribution < 1.29 is 4.74 Å². The normalized spacial score (nSPS) is 14.5. The second-order valence-corrected chi connectivity index (χ2v) is 4.95. The second-order valence-electron chi connectivity index (χ2n) is 4.95. The van der Waals surface area contributed by atoms with Gasteiger partial charge in [-0.3, -0.25) is 4.68 Å². The summed E-state index contributed by atoms with van der Waals surface area (Å²) in [5.74, 6) is 0. The molecule has 4 heteroatoms. The minimum absolute atomic E-state index is 0.310. The molecule has 0 bridgehead atoms. The Morgan fingerprint density at radius 1 is 1.37 bits per heavy atom. The molecule has 110 valence electrons. The molecule has 0 amide bonds. The predicted molar refractivity (Wildman–Crippen MR) is 79.3 cm³/mol. The van der Waals surface area contributed by atoms with Crippen molar-refractivity contribution in [1.29, 1.82) is 0 Å². The number of nitrogens with one attached hydrogen (secondary N) is 1. The van der Waals surface area contributed by atoms with Crippen LogP contribution in [0.5, 0.6) is 0 Å². The van der Waals surface area contributed by atoms with E-state index in [9.17, 15) is 0 Å². The first-order valence-electron chi connectivity index (χ1n) is 7.54. The average Bonchev–Trinajstić information content (AvgIpc) is 2.82. The molecule has 19 heavy (non-hydrogen) atoms. The van der Waals surface area contributed by atoms with Crippen LogP contribution in [0.25, 0.3) is 0 Å². The van der Waals surface area contributed by atoms with Gasteiger partial charge in [-0.2, -0.15) is 5.10 Å². The van der Waals surface area contributed by atoms with Crippen LogP contribution in [0.2, 0.25) is 0 Å². The van der Waals surface area contributed by atoms with Crippen molar-refractivity contribution in [3.63, 3.8) is 0 Å². The molecule has 0 aliphatic carbocycles. The zero-order chi connectivity index (χ0) is 14.1. The topological polar surface area (TPSA) is 39.1 Å². The van der Waals surface area contributed by atoms with Crippen LogP contribution in [-0.4, -0.2) is 35.1 Å². The summed E-state index contributed by atoms with van der Waals surface area (Å²) in [6.45, 7) is 8.31. The molecule has 2 unspecified atom stereocenters. The first-order valence-corrected chi connectivity index (χ1v) is 7.54. The maximum absolute atomic E-state index is 5.87. The molecular formula is C15H29N3O. The first-order chi connectivity index (χ1) is 9.22. The Morgan fingerprint density at radius 2 is 2.16 bits per heavy atom. The Hall–Kier alpha value is -0.870. The Labute approximate surface area is 117 Å². The van der Waals surface area contributed by atoms with Gasteiger partial charge in [0.25, 0.3) is 0 Å². The highest BCUT2D eigenvalue weighted by atomic mass is 16.5. The number of rotatable bonds is 10. The lowest BCUT2D eigenvalue weighted by atomic mass is 10.0. The molecule has 1 aromatic rings. The fourth-order valence-corrected chi connectivity index (χ4v) is 2.43. The lowest BCUT2D eigenvalue weighted by molar-refractivity contribution is 0.0296. The zero-order valence-electron chi connectivity index (χ0n) is 12.9. The third-order valence-corrected chi connectivity index (χ3v) is 3.52. The summed E-state index contributed by atoms with van der Waals surface area (Å²) in [5, 5.41) is 7.86. The number of aryl methyl sites for hydroxylation is 2. The fourth-order valence-electron chi connectivity index (χ4n) is 2.43. The van der Waals surface area contributed by atoms with Crippen LogP contribution in [0.4, 0.5) is 0 Å². The molecular weight excluding hydrogens is 238 g/mol. The van der Waals surface area contributed by atoms with E-state index < -0.39 is 0 Å². The molecule has 0 aromatic carbocycles. The van der Waals surface area contributed by atoms with Crippen molar-refractivity contribution in [2.75, 3.05) is 13.2 Å². The van der Waals surface area contributed by atoms with Gasteiger partial charge in [-0.25, -0.2) is 0 Å². The molecule has 4 nitrogen and oxygen atoms in total. The molecule has 0 aliphatic heterocycles. The Morgan fingerprint density at radius 3 is 2.68 bits per heavy atom. The van der Waals surface area contributed by atoms with E-state index in [4.69, 9.17) is 4.74 Å². The second kappa shape index (κ2) is 9.10. The monoisotopic (exact) mass is 267 g/mol. The van der Waals surface area contributed by atoms with E-state index in [1.54, 1.807) is 0 Å². The highest BCUT2D eigenvalue weighted by Crippen LogP contribution is 2.12. The lowest BCUT2D eigenvalue weighted by Crippen LogP contribution is -2.42. The van der Waals surface area contributed by atoms with Gasteiger partial charge < -0.3 is 10.1 Å². The van der Waals surface area contributed by atoms with Crippen molar-refractivity contribution in [1.82, 2.24) is 15.1 Å². The van der Waals surface area contributed by atoms with Crippen LogP contribution in [0.3, 0.4) is 0 Å². The fraction of sp³-hybridized carbons (Fsp3) is 0.800. The van der Waals surface area contributed by atoms with E-state index in [1.165, 1.54) is 5.69 Å². The number of hydrogen-bond acceptors (Lipinski definition) is 3. The lowest BCUT2D eigenvalue weighted by Gasteiger charge is -2.27. The molecule has 0 aliphatic rings. The quantitative estimate of drug-likeness (QED) is 0.708. The van der Waals surface area contributed by atoms with Gasteiger partial charge in [0.15, 0.2) is 0 Å². The van der Waals surface area contributed by atoms with Crippen LogP contribution in [0.1, 0.15) is 45.7 Å². The number of hydrogen-bond donors (Lipinski definition) is 1. The van der Waals surface area contributed by atoms with Crippen molar-refractivity contribution in [2.45, 2.75) is 58.6 Å². The number of ether oxygens (including phenoxy) is 1. The predicted octanol–water partition coefficient (Wildman–Crippen LogP) is 2.54. The highest BCUT2D eigenvalue weighted by molar-refractivity contribution is 5.00. The average molecular weight is 267 g/mol. The number of nitrogens with zero attached hydrogens (tertiary/aromatic N) is 2. The summed E-state index contributed by atoms with van der Waals surface area (Å²) in [5.41, 5.74) is 1.29. The van der Waals surface area contributed by atoms with E-state index in [2.05, 4.69) is 37.3 Å².